The molecule has 0 atom stereocenters. The molecule has 2 aromatic rings. The Labute approximate surface area is 103 Å². The number of aromatic carboxylic acids is 1. The number of hydrogen-bond donors (Lipinski definition) is 1. The summed E-state index contributed by atoms with van der Waals surface area (Å²) in [6.45, 7) is 0. The second kappa shape index (κ2) is 4.83. The Morgan fingerprint density at radius 1 is 1.22 bits per heavy atom. The number of halogens is 1. The third-order valence-corrected chi connectivity index (χ3v) is 2.43. The van der Waals surface area contributed by atoms with Gasteiger partial charge < -0.3 is 9.84 Å². The quantitative estimate of drug-likeness (QED) is 0.905. The molecule has 92 valence electrons. The molecule has 0 aliphatic heterocycles. The summed E-state index contributed by atoms with van der Waals surface area (Å²) in [4.78, 5) is 14.7. The van der Waals surface area contributed by atoms with Crippen molar-refractivity contribution >= 4 is 5.97 Å². The number of aromatic nitrogens is 1. The van der Waals surface area contributed by atoms with E-state index in [1.54, 1.807) is 6.07 Å². The van der Waals surface area contributed by atoms with Crippen LogP contribution in [0.25, 0.3) is 11.1 Å². The van der Waals surface area contributed by atoms with Crippen molar-refractivity contribution in [2.24, 2.45) is 0 Å². The van der Waals surface area contributed by atoms with E-state index in [-0.39, 0.29) is 5.56 Å². The molecule has 0 amide bonds. The molecule has 0 spiro atoms. The van der Waals surface area contributed by atoms with Crippen LogP contribution in [0.5, 0.6) is 5.75 Å². The Kier molecular flexibility index (Phi) is 3.23. The molecule has 0 fully saturated rings. The van der Waals surface area contributed by atoms with E-state index in [0.717, 1.165) is 6.20 Å². The highest BCUT2D eigenvalue weighted by Gasteiger charge is 2.09. The first-order chi connectivity index (χ1) is 8.60. The van der Waals surface area contributed by atoms with Crippen molar-refractivity contribution in [2.75, 3.05) is 7.11 Å². The van der Waals surface area contributed by atoms with E-state index in [1.807, 2.05) is 0 Å². The molecule has 0 saturated carbocycles. The van der Waals surface area contributed by atoms with Gasteiger partial charge in [0.05, 0.1) is 18.9 Å². The molecule has 0 aliphatic rings. The molecule has 1 aromatic heterocycles. The minimum Gasteiger partial charge on any atom is -0.497 e. The van der Waals surface area contributed by atoms with Gasteiger partial charge in [-0.25, -0.2) is 9.18 Å². The van der Waals surface area contributed by atoms with Crippen LogP contribution in [-0.2, 0) is 0 Å². The van der Waals surface area contributed by atoms with E-state index in [4.69, 9.17) is 9.84 Å². The summed E-state index contributed by atoms with van der Waals surface area (Å²) < 4.78 is 18.1. The lowest BCUT2D eigenvalue weighted by Gasteiger charge is -2.07. The maximum atomic E-state index is 13.1. The lowest BCUT2D eigenvalue weighted by molar-refractivity contribution is 0.0696. The Balaban J connectivity index is 2.56. The van der Waals surface area contributed by atoms with Gasteiger partial charge in [0, 0.05) is 11.8 Å². The first kappa shape index (κ1) is 12.0. The number of rotatable bonds is 3. The van der Waals surface area contributed by atoms with Crippen molar-refractivity contribution in [3.8, 4) is 16.9 Å². The van der Waals surface area contributed by atoms with Crippen LogP contribution in [0, 0.1) is 5.82 Å². The van der Waals surface area contributed by atoms with Crippen LogP contribution in [0.15, 0.2) is 36.7 Å². The van der Waals surface area contributed by atoms with Gasteiger partial charge in [-0.3, -0.25) is 4.98 Å². The zero-order valence-electron chi connectivity index (χ0n) is 9.55. The fraction of sp³-hybridized carbons (Fsp3) is 0.0769. The minimum atomic E-state index is -1.07. The molecule has 0 radical (unpaired) electrons. The summed E-state index contributed by atoms with van der Waals surface area (Å²) in [5.74, 6) is -1.15. The minimum absolute atomic E-state index is 0.0774. The molecule has 2 rings (SSSR count). The maximum absolute atomic E-state index is 13.1. The molecule has 1 aromatic carbocycles. The molecule has 0 bridgehead atoms. The Morgan fingerprint density at radius 3 is 2.61 bits per heavy atom. The number of ether oxygens (including phenoxy) is 1. The van der Waals surface area contributed by atoms with Crippen LogP contribution in [0.2, 0.25) is 0 Å². The van der Waals surface area contributed by atoms with Crippen LogP contribution in [0.3, 0.4) is 0 Å². The standard InChI is InChI=1S/C13H10FNO3/c1-18-12-4-8(2-9(5-12)13(16)17)10-3-11(14)7-15-6-10/h2-7H,1H3,(H,16,17). The monoisotopic (exact) mass is 247 g/mol. The Bertz CT molecular complexity index is 599. The lowest BCUT2D eigenvalue weighted by atomic mass is 10.0. The maximum Gasteiger partial charge on any atom is 0.335 e. The first-order valence-corrected chi connectivity index (χ1v) is 5.13. The largest absolute Gasteiger partial charge is 0.497 e. The van der Waals surface area contributed by atoms with Crippen LogP contribution in [0.1, 0.15) is 10.4 Å². The van der Waals surface area contributed by atoms with E-state index in [1.165, 1.54) is 31.5 Å². The SMILES string of the molecule is COc1cc(C(=O)O)cc(-c2cncc(F)c2)c1. The van der Waals surface area contributed by atoms with E-state index in [0.29, 0.717) is 16.9 Å². The molecule has 1 heterocycles. The highest BCUT2D eigenvalue weighted by atomic mass is 19.1. The second-order valence-electron chi connectivity index (χ2n) is 3.65. The summed E-state index contributed by atoms with van der Waals surface area (Å²) in [6.07, 6.45) is 2.55. The number of methoxy groups -OCH3 is 1. The molecular formula is C13H10FNO3. The number of benzene rings is 1. The van der Waals surface area contributed by atoms with Gasteiger partial charge in [0.2, 0.25) is 0 Å². The van der Waals surface area contributed by atoms with Crippen molar-refractivity contribution in [2.45, 2.75) is 0 Å². The third kappa shape index (κ3) is 2.45. The number of carboxylic acid groups (broad SMARTS) is 1. The third-order valence-electron chi connectivity index (χ3n) is 2.43. The highest BCUT2D eigenvalue weighted by molar-refractivity contribution is 5.90. The summed E-state index contributed by atoms with van der Waals surface area (Å²) >= 11 is 0. The average molecular weight is 247 g/mol. The number of hydrogen-bond acceptors (Lipinski definition) is 3. The van der Waals surface area contributed by atoms with Gasteiger partial charge in [-0.1, -0.05) is 0 Å². The second-order valence-corrected chi connectivity index (χ2v) is 3.65. The summed E-state index contributed by atoms with van der Waals surface area (Å²) in [5.41, 5.74) is 1.11. The molecule has 0 saturated heterocycles. The summed E-state index contributed by atoms with van der Waals surface area (Å²) in [6, 6.07) is 5.76. The van der Waals surface area contributed by atoms with Crippen molar-refractivity contribution in [3.63, 3.8) is 0 Å². The molecule has 1 N–H and O–H groups in total. The van der Waals surface area contributed by atoms with Gasteiger partial charge >= 0.3 is 5.97 Å². The average Bonchev–Trinajstić information content (AvgIpc) is 2.38. The van der Waals surface area contributed by atoms with Gasteiger partial charge in [0.1, 0.15) is 11.6 Å². The first-order valence-electron chi connectivity index (χ1n) is 5.13. The fourth-order valence-corrected chi connectivity index (χ4v) is 1.58. The van der Waals surface area contributed by atoms with Crippen molar-refractivity contribution in [1.82, 2.24) is 4.98 Å². The smallest absolute Gasteiger partial charge is 0.335 e. The predicted molar refractivity (Wildman–Crippen MR) is 63.1 cm³/mol. The summed E-state index contributed by atoms with van der Waals surface area (Å²) in [5, 5.41) is 8.99. The molecule has 18 heavy (non-hydrogen) atoms. The van der Waals surface area contributed by atoms with E-state index >= 15 is 0 Å². The number of carboxylic acids is 1. The van der Waals surface area contributed by atoms with Gasteiger partial charge in [-0.2, -0.15) is 0 Å². The van der Waals surface area contributed by atoms with E-state index in [9.17, 15) is 9.18 Å². The summed E-state index contributed by atoms with van der Waals surface area (Å²) in [7, 11) is 1.44. The number of pyridine rings is 1. The lowest BCUT2D eigenvalue weighted by Crippen LogP contribution is -1.98. The Morgan fingerprint density at radius 2 is 2.00 bits per heavy atom. The van der Waals surface area contributed by atoms with Gasteiger partial charge in [-0.15, -0.1) is 0 Å². The fourth-order valence-electron chi connectivity index (χ4n) is 1.58. The zero-order chi connectivity index (χ0) is 13.1. The molecule has 4 nitrogen and oxygen atoms in total. The van der Waals surface area contributed by atoms with Crippen molar-refractivity contribution in [3.05, 3.63) is 48.0 Å². The van der Waals surface area contributed by atoms with Crippen LogP contribution in [0.4, 0.5) is 4.39 Å². The van der Waals surface area contributed by atoms with E-state index in [2.05, 4.69) is 4.98 Å². The molecule has 0 aliphatic carbocycles. The predicted octanol–water partition coefficient (Wildman–Crippen LogP) is 2.59. The highest BCUT2D eigenvalue weighted by Crippen LogP contribution is 2.26. The number of nitrogens with zero attached hydrogens (tertiary/aromatic N) is 1. The number of carbonyl (C=O) groups is 1. The molecule has 0 unspecified atom stereocenters. The molecular weight excluding hydrogens is 237 g/mol. The van der Waals surface area contributed by atoms with Crippen molar-refractivity contribution in [1.29, 1.82) is 0 Å². The molecule has 5 heteroatoms. The topological polar surface area (TPSA) is 59.4 Å². The van der Waals surface area contributed by atoms with Gasteiger partial charge in [0.15, 0.2) is 0 Å². The van der Waals surface area contributed by atoms with Crippen LogP contribution < -0.4 is 4.74 Å². The Hall–Kier alpha value is -2.43. The zero-order valence-corrected chi connectivity index (χ0v) is 9.55. The van der Waals surface area contributed by atoms with Crippen LogP contribution in [-0.4, -0.2) is 23.2 Å². The van der Waals surface area contributed by atoms with Crippen LogP contribution >= 0.6 is 0 Å². The van der Waals surface area contributed by atoms with E-state index < -0.39 is 11.8 Å². The van der Waals surface area contributed by atoms with Gasteiger partial charge in [0.25, 0.3) is 0 Å². The normalized spacial score (nSPS) is 10.1. The van der Waals surface area contributed by atoms with Crippen molar-refractivity contribution < 1.29 is 19.0 Å². The van der Waals surface area contributed by atoms with Gasteiger partial charge in [-0.05, 0) is 29.8 Å².